The van der Waals surface area contributed by atoms with Crippen molar-refractivity contribution in [2.24, 2.45) is 0 Å². The highest BCUT2D eigenvalue weighted by molar-refractivity contribution is 9.10. The van der Waals surface area contributed by atoms with Crippen molar-refractivity contribution >= 4 is 21.7 Å². The lowest BCUT2D eigenvalue weighted by Crippen LogP contribution is -2.05. The van der Waals surface area contributed by atoms with Crippen molar-refractivity contribution in [2.75, 3.05) is 18.5 Å². The van der Waals surface area contributed by atoms with Gasteiger partial charge in [-0.1, -0.05) is 12.1 Å². The summed E-state index contributed by atoms with van der Waals surface area (Å²) < 4.78 is 6.55. The van der Waals surface area contributed by atoms with E-state index in [0.717, 1.165) is 33.8 Å². The van der Waals surface area contributed by atoms with Gasteiger partial charge in [-0.05, 0) is 48.8 Å². The summed E-state index contributed by atoms with van der Waals surface area (Å²) in [6.45, 7) is 7.39. The summed E-state index contributed by atoms with van der Waals surface area (Å²) in [5.74, 6) is 2.28. The minimum atomic E-state index is 0.618. The molecule has 20 heavy (non-hydrogen) atoms. The molecule has 0 fully saturated rings. The van der Waals surface area contributed by atoms with Gasteiger partial charge in [0, 0.05) is 6.54 Å². The predicted octanol–water partition coefficient (Wildman–Crippen LogP) is 4.05. The van der Waals surface area contributed by atoms with Gasteiger partial charge in [0.05, 0.1) is 22.3 Å². The van der Waals surface area contributed by atoms with Gasteiger partial charge in [0.2, 0.25) is 0 Å². The van der Waals surface area contributed by atoms with Crippen molar-refractivity contribution in [3.05, 3.63) is 34.4 Å². The topological polar surface area (TPSA) is 47.0 Å². The number of ether oxygens (including phenoxy) is 1. The van der Waals surface area contributed by atoms with Crippen LogP contribution in [0.2, 0.25) is 0 Å². The molecule has 0 saturated carbocycles. The van der Waals surface area contributed by atoms with Crippen molar-refractivity contribution in [1.29, 1.82) is 0 Å². The Morgan fingerprint density at radius 2 is 1.95 bits per heavy atom. The van der Waals surface area contributed by atoms with Crippen molar-refractivity contribution < 1.29 is 4.74 Å². The Hall–Kier alpha value is -1.62. The molecule has 0 aliphatic carbocycles. The Morgan fingerprint density at radius 3 is 2.65 bits per heavy atom. The van der Waals surface area contributed by atoms with Crippen molar-refractivity contribution in [1.82, 2.24) is 9.97 Å². The van der Waals surface area contributed by atoms with E-state index in [1.54, 1.807) is 0 Å². The van der Waals surface area contributed by atoms with Crippen LogP contribution < -0.4 is 10.1 Å². The molecule has 0 aliphatic heterocycles. The Morgan fingerprint density at radius 1 is 1.20 bits per heavy atom. The molecule has 0 bridgehead atoms. The predicted molar refractivity (Wildman–Crippen MR) is 85.2 cm³/mol. The molecule has 0 aliphatic rings. The van der Waals surface area contributed by atoms with E-state index in [-0.39, 0.29) is 0 Å². The van der Waals surface area contributed by atoms with Crippen molar-refractivity contribution in [2.45, 2.75) is 20.8 Å². The van der Waals surface area contributed by atoms with E-state index in [9.17, 15) is 0 Å². The van der Waals surface area contributed by atoms with E-state index in [1.807, 2.05) is 45.0 Å². The minimum absolute atomic E-state index is 0.618. The van der Waals surface area contributed by atoms with Crippen LogP contribution in [-0.2, 0) is 0 Å². The smallest absolute Gasteiger partial charge is 0.165 e. The Bertz CT molecular complexity index is 602. The maximum absolute atomic E-state index is 5.65. The Labute approximate surface area is 127 Å². The van der Waals surface area contributed by atoms with E-state index in [0.29, 0.717) is 12.4 Å². The molecule has 2 aromatic rings. The number of aromatic nitrogens is 2. The van der Waals surface area contributed by atoms with E-state index in [1.165, 1.54) is 0 Å². The SMILES string of the molecule is CCNc1nc(-c2ccccc2OCC)nc(C)c1Br. The van der Waals surface area contributed by atoms with E-state index >= 15 is 0 Å². The maximum Gasteiger partial charge on any atom is 0.165 e. The van der Waals surface area contributed by atoms with E-state index in [2.05, 4.69) is 31.2 Å². The highest BCUT2D eigenvalue weighted by atomic mass is 79.9. The summed E-state index contributed by atoms with van der Waals surface area (Å²) >= 11 is 3.52. The van der Waals surface area contributed by atoms with Gasteiger partial charge in [0.15, 0.2) is 5.82 Å². The number of hydrogen-bond donors (Lipinski definition) is 1. The minimum Gasteiger partial charge on any atom is -0.493 e. The third-order valence-electron chi connectivity index (χ3n) is 2.79. The van der Waals surface area contributed by atoms with E-state index < -0.39 is 0 Å². The normalized spacial score (nSPS) is 10.4. The van der Waals surface area contributed by atoms with Crippen molar-refractivity contribution in [3.63, 3.8) is 0 Å². The van der Waals surface area contributed by atoms with Crippen LogP contribution in [0.15, 0.2) is 28.7 Å². The first-order chi connectivity index (χ1) is 9.67. The molecule has 1 heterocycles. The van der Waals surface area contributed by atoms with Gasteiger partial charge >= 0.3 is 0 Å². The second-order valence-corrected chi connectivity index (χ2v) is 5.05. The highest BCUT2D eigenvalue weighted by Crippen LogP contribution is 2.31. The lowest BCUT2D eigenvalue weighted by molar-refractivity contribution is 0.341. The molecule has 0 spiro atoms. The molecule has 0 radical (unpaired) electrons. The first kappa shape index (κ1) is 14.8. The van der Waals surface area contributed by atoms with Gasteiger partial charge in [-0.25, -0.2) is 9.97 Å². The summed E-state index contributed by atoms with van der Waals surface area (Å²) in [5.41, 5.74) is 1.81. The van der Waals surface area contributed by atoms with Gasteiger partial charge in [0.1, 0.15) is 11.6 Å². The monoisotopic (exact) mass is 335 g/mol. The second kappa shape index (κ2) is 6.70. The first-order valence-electron chi connectivity index (χ1n) is 6.67. The van der Waals surface area contributed by atoms with Crippen LogP contribution in [0.4, 0.5) is 5.82 Å². The van der Waals surface area contributed by atoms with Crippen LogP contribution in [-0.4, -0.2) is 23.1 Å². The summed E-state index contributed by atoms with van der Waals surface area (Å²) in [6.07, 6.45) is 0. The standard InChI is InChI=1S/C15H18BrN3O/c1-4-17-15-13(16)10(3)18-14(19-15)11-8-6-7-9-12(11)20-5-2/h6-9H,4-5H2,1-3H3,(H,17,18,19). The number of hydrogen-bond acceptors (Lipinski definition) is 4. The Balaban J connectivity index is 2.52. The molecule has 2 rings (SSSR count). The van der Waals surface area contributed by atoms with Crippen LogP contribution >= 0.6 is 15.9 Å². The quantitative estimate of drug-likeness (QED) is 0.895. The molecule has 1 aromatic heterocycles. The summed E-state index contributed by atoms with van der Waals surface area (Å²) in [6, 6.07) is 7.83. The largest absolute Gasteiger partial charge is 0.493 e. The average molecular weight is 336 g/mol. The Kier molecular flexibility index (Phi) is 4.95. The first-order valence-corrected chi connectivity index (χ1v) is 7.46. The molecule has 0 unspecified atom stereocenters. The molecule has 1 N–H and O–H groups in total. The molecule has 4 nitrogen and oxygen atoms in total. The van der Waals surface area contributed by atoms with Gasteiger partial charge in [-0.15, -0.1) is 0 Å². The zero-order valence-corrected chi connectivity index (χ0v) is 13.5. The van der Waals surface area contributed by atoms with Crippen LogP contribution in [0.5, 0.6) is 5.75 Å². The van der Waals surface area contributed by atoms with Gasteiger partial charge in [-0.2, -0.15) is 0 Å². The third-order valence-corrected chi connectivity index (χ3v) is 3.74. The molecular formula is C15H18BrN3O. The summed E-state index contributed by atoms with van der Waals surface area (Å²) in [7, 11) is 0. The number of nitrogens with one attached hydrogen (secondary N) is 1. The number of benzene rings is 1. The van der Waals surface area contributed by atoms with Gasteiger partial charge in [0.25, 0.3) is 0 Å². The molecule has 1 aromatic carbocycles. The van der Waals surface area contributed by atoms with Crippen LogP contribution in [0.1, 0.15) is 19.5 Å². The summed E-state index contributed by atoms with van der Waals surface area (Å²) in [4.78, 5) is 9.14. The number of nitrogens with zero attached hydrogens (tertiary/aromatic N) is 2. The number of halogens is 1. The van der Waals surface area contributed by atoms with Crippen molar-refractivity contribution in [3.8, 4) is 17.1 Å². The van der Waals surface area contributed by atoms with Crippen LogP contribution in [0.25, 0.3) is 11.4 Å². The fraction of sp³-hybridized carbons (Fsp3) is 0.333. The lowest BCUT2D eigenvalue weighted by Gasteiger charge is -2.12. The number of aryl methyl sites for hydroxylation is 1. The zero-order chi connectivity index (χ0) is 14.5. The maximum atomic E-state index is 5.65. The fourth-order valence-electron chi connectivity index (χ4n) is 1.90. The van der Waals surface area contributed by atoms with E-state index in [4.69, 9.17) is 4.74 Å². The molecular weight excluding hydrogens is 318 g/mol. The molecule has 0 atom stereocenters. The zero-order valence-electron chi connectivity index (χ0n) is 11.9. The second-order valence-electron chi connectivity index (χ2n) is 4.25. The number of para-hydroxylation sites is 1. The van der Waals surface area contributed by atoms with Gasteiger partial charge < -0.3 is 10.1 Å². The number of anilines is 1. The molecule has 0 amide bonds. The molecule has 106 valence electrons. The number of rotatable bonds is 5. The third kappa shape index (κ3) is 3.10. The molecule has 5 heteroatoms. The lowest BCUT2D eigenvalue weighted by atomic mass is 10.2. The van der Waals surface area contributed by atoms with Gasteiger partial charge in [-0.3, -0.25) is 0 Å². The summed E-state index contributed by atoms with van der Waals surface area (Å²) in [5, 5.41) is 3.24. The molecule has 0 saturated heterocycles. The highest BCUT2D eigenvalue weighted by Gasteiger charge is 2.13. The van der Waals surface area contributed by atoms with Crippen LogP contribution in [0.3, 0.4) is 0 Å². The fourth-order valence-corrected chi connectivity index (χ4v) is 2.21. The average Bonchev–Trinajstić information content (AvgIpc) is 2.45. The van der Waals surface area contributed by atoms with Crippen LogP contribution in [0, 0.1) is 6.92 Å².